The Labute approximate surface area is 156 Å². The highest BCUT2D eigenvalue weighted by molar-refractivity contribution is 9.10. The first-order chi connectivity index (χ1) is 12.2. The van der Waals surface area contributed by atoms with E-state index in [-0.39, 0.29) is 0 Å². The fourth-order valence-electron chi connectivity index (χ4n) is 2.68. The second-order valence-corrected chi connectivity index (χ2v) is 7.71. The summed E-state index contributed by atoms with van der Waals surface area (Å²) in [4.78, 5) is 12.5. The number of aromatic nitrogens is 3. The summed E-state index contributed by atoms with van der Waals surface area (Å²) in [6.07, 6.45) is 0.394. The molecule has 3 nitrogen and oxygen atoms in total. The molecule has 0 radical (unpaired) electrons. The Hall–Kier alpha value is -2.18. The third-order valence-corrected chi connectivity index (χ3v) is 5.27. The first kappa shape index (κ1) is 16.3. The Morgan fingerprint density at radius 3 is 2.44 bits per heavy atom. The van der Waals surface area contributed by atoms with E-state index in [9.17, 15) is 4.39 Å². The van der Waals surface area contributed by atoms with E-state index in [1.165, 1.54) is 0 Å². The molecule has 25 heavy (non-hydrogen) atoms. The molecule has 0 fully saturated rings. The van der Waals surface area contributed by atoms with Crippen molar-refractivity contribution in [3.8, 4) is 0 Å². The van der Waals surface area contributed by atoms with Crippen LogP contribution in [0.5, 0.6) is 0 Å². The fourth-order valence-corrected chi connectivity index (χ4v) is 4.22. The van der Waals surface area contributed by atoms with E-state index in [1.807, 2.05) is 54.6 Å². The predicted octanol–water partition coefficient (Wildman–Crippen LogP) is 5.17. The third kappa shape index (κ3) is 3.91. The molecule has 4 rings (SSSR count). The molecule has 0 amide bonds. The van der Waals surface area contributed by atoms with Gasteiger partial charge in [-0.15, -0.1) is 11.3 Å². The van der Waals surface area contributed by atoms with Crippen LogP contribution in [0.2, 0.25) is 0 Å². The van der Waals surface area contributed by atoms with Gasteiger partial charge in [0.2, 0.25) is 0 Å². The summed E-state index contributed by atoms with van der Waals surface area (Å²) in [6, 6.07) is 17.7. The van der Waals surface area contributed by atoms with Crippen molar-refractivity contribution in [2.75, 3.05) is 0 Å². The number of benzene rings is 2. The molecule has 0 aliphatic heterocycles. The quantitative estimate of drug-likeness (QED) is 0.433. The molecule has 124 valence electrons. The second kappa shape index (κ2) is 6.98. The van der Waals surface area contributed by atoms with Gasteiger partial charge in [0.15, 0.2) is 0 Å². The lowest BCUT2D eigenvalue weighted by Gasteiger charge is -2.04. The van der Waals surface area contributed by atoms with Crippen molar-refractivity contribution in [1.82, 2.24) is 15.0 Å². The molecular weight excluding hydrogens is 401 g/mol. The van der Waals surface area contributed by atoms with E-state index in [0.29, 0.717) is 24.2 Å². The number of hydrogen-bond donors (Lipinski definition) is 0. The maximum absolute atomic E-state index is 13.8. The van der Waals surface area contributed by atoms with Crippen molar-refractivity contribution < 1.29 is 4.39 Å². The summed E-state index contributed by atoms with van der Waals surface area (Å²) in [7, 11) is 0. The fraction of sp³-hybridized carbons (Fsp3) is 0.105. The van der Waals surface area contributed by atoms with Crippen LogP contribution >= 0.6 is 27.3 Å². The maximum atomic E-state index is 13.8. The van der Waals surface area contributed by atoms with Crippen molar-refractivity contribution in [3.05, 3.63) is 87.1 Å². The van der Waals surface area contributed by atoms with Gasteiger partial charge in [-0.1, -0.05) is 46.3 Å². The molecule has 2 aromatic carbocycles. The van der Waals surface area contributed by atoms with Gasteiger partial charge in [-0.2, -0.15) is 4.39 Å². The minimum Gasteiger partial charge on any atom is -0.241 e. The van der Waals surface area contributed by atoms with Crippen LogP contribution in [0.4, 0.5) is 4.39 Å². The lowest BCUT2D eigenvalue weighted by Crippen LogP contribution is -2.02. The molecule has 0 aliphatic carbocycles. The lowest BCUT2D eigenvalue weighted by molar-refractivity contribution is 0.527. The topological polar surface area (TPSA) is 38.7 Å². The summed E-state index contributed by atoms with van der Waals surface area (Å²) < 4.78 is 16.0. The third-order valence-electron chi connectivity index (χ3n) is 3.76. The van der Waals surface area contributed by atoms with Gasteiger partial charge in [-0.3, -0.25) is 0 Å². The minimum absolute atomic E-state index is 0.498. The summed E-state index contributed by atoms with van der Waals surface area (Å²) >= 11 is 5.07. The Bertz CT molecular complexity index is 1030. The smallest absolute Gasteiger partial charge is 0.241 e. The highest BCUT2D eigenvalue weighted by Gasteiger charge is 2.10. The van der Waals surface area contributed by atoms with Crippen LogP contribution in [0.15, 0.2) is 59.1 Å². The molecule has 0 bridgehead atoms. The van der Waals surface area contributed by atoms with E-state index >= 15 is 0 Å². The molecule has 0 unspecified atom stereocenters. The van der Waals surface area contributed by atoms with E-state index in [0.717, 1.165) is 25.3 Å². The minimum atomic E-state index is -0.688. The molecule has 0 N–H and O–H groups in total. The van der Waals surface area contributed by atoms with Gasteiger partial charge in [0, 0.05) is 17.3 Å². The molecule has 0 saturated carbocycles. The Balaban J connectivity index is 1.61. The number of thiazole rings is 1. The standard InChI is InChI=1S/C19H13BrFN3S/c20-13-6-7-16-17(9-13)25-18(24-16)11-15-10-14(22-19(21)23-15)8-12-4-2-1-3-5-12/h1-7,9-10H,8,11H2. The molecule has 4 aromatic rings. The predicted molar refractivity (Wildman–Crippen MR) is 101 cm³/mol. The monoisotopic (exact) mass is 413 g/mol. The van der Waals surface area contributed by atoms with Crippen LogP contribution in [-0.2, 0) is 12.8 Å². The van der Waals surface area contributed by atoms with Crippen LogP contribution in [-0.4, -0.2) is 15.0 Å². The van der Waals surface area contributed by atoms with Crippen molar-refractivity contribution in [3.63, 3.8) is 0 Å². The number of nitrogens with zero attached hydrogens (tertiary/aromatic N) is 3. The van der Waals surface area contributed by atoms with Crippen molar-refractivity contribution in [1.29, 1.82) is 0 Å². The number of hydrogen-bond acceptors (Lipinski definition) is 4. The average molecular weight is 414 g/mol. The van der Waals surface area contributed by atoms with Crippen molar-refractivity contribution in [2.24, 2.45) is 0 Å². The maximum Gasteiger partial charge on any atom is 0.309 e. The van der Waals surface area contributed by atoms with E-state index < -0.39 is 6.08 Å². The van der Waals surface area contributed by atoms with Crippen LogP contribution in [0.1, 0.15) is 22.0 Å². The van der Waals surface area contributed by atoms with E-state index in [1.54, 1.807) is 11.3 Å². The highest BCUT2D eigenvalue weighted by atomic mass is 79.9. The van der Waals surface area contributed by atoms with Gasteiger partial charge in [0.1, 0.15) is 0 Å². The Morgan fingerprint density at radius 1 is 0.880 bits per heavy atom. The average Bonchev–Trinajstić information content (AvgIpc) is 2.96. The molecule has 2 aromatic heterocycles. The zero-order chi connectivity index (χ0) is 17.2. The van der Waals surface area contributed by atoms with Gasteiger partial charge in [0.05, 0.1) is 26.6 Å². The number of halogens is 2. The first-order valence-electron chi connectivity index (χ1n) is 7.77. The summed E-state index contributed by atoms with van der Waals surface area (Å²) in [6.45, 7) is 0. The van der Waals surface area contributed by atoms with E-state index in [2.05, 4.69) is 30.9 Å². The van der Waals surface area contributed by atoms with Crippen molar-refractivity contribution >= 4 is 37.5 Å². The van der Waals surface area contributed by atoms with Crippen LogP contribution in [0.25, 0.3) is 10.2 Å². The zero-order valence-corrected chi connectivity index (χ0v) is 15.5. The first-order valence-corrected chi connectivity index (χ1v) is 9.38. The van der Waals surface area contributed by atoms with Gasteiger partial charge in [-0.05, 0) is 29.8 Å². The Kier molecular flexibility index (Phi) is 4.55. The largest absolute Gasteiger partial charge is 0.309 e. The highest BCUT2D eigenvalue weighted by Crippen LogP contribution is 2.26. The van der Waals surface area contributed by atoms with Gasteiger partial charge in [-0.25, -0.2) is 15.0 Å². The van der Waals surface area contributed by atoms with Crippen LogP contribution < -0.4 is 0 Å². The molecule has 0 atom stereocenters. The zero-order valence-electron chi connectivity index (χ0n) is 13.1. The molecule has 6 heteroatoms. The molecule has 0 spiro atoms. The SMILES string of the molecule is Fc1nc(Cc2ccccc2)cc(Cc2nc3ccc(Br)cc3s2)n1. The summed E-state index contributed by atoms with van der Waals surface area (Å²) in [5.41, 5.74) is 3.37. The number of rotatable bonds is 4. The second-order valence-electron chi connectivity index (χ2n) is 5.68. The van der Waals surface area contributed by atoms with Crippen molar-refractivity contribution in [2.45, 2.75) is 12.8 Å². The van der Waals surface area contributed by atoms with Gasteiger partial charge in [0.25, 0.3) is 0 Å². The lowest BCUT2D eigenvalue weighted by atomic mass is 10.1. The Morgan fingerprint density at radius 2 is 1.64 bits per heavy atom. The molecular formula is C19H13BrFN3S. The summed E-state index contributed by atoms with van der Waals surface area (Å²) in [5.74, 6) is 0. The molecule has 2 heterocycles. The normalized spacial score (nSPS) is 11.1. The van der Waals surface area contributed by atoms with Crippen LogP contribution in [0.3, 0.4) is 0 Å². The van der Waals surface area contributed by atoms with E-state index in [4.69, 9.17) is 0 Å². The summed E-state index contributed by atoms with van der Waals surface area (Å²) in [5, 5.41) is 0.914. The van der Waals surface area contributed by atoms with Gasteiger partial charge < -0.3 is 0 Å². The molecule has 0 aliphatic rings. The van der Waals surface area contributed by atoms with Gasteiger partial charge >= 0.3 is 6.08 Å². The molecule has 0 saturated heterocycles. The van der Waals surface area contributed by atoms with Crippen LogP contribution in [0, 0.1) is 6.08 Å². The number of fused-ring (bicyclic) bond motifs is 1.